The molecule has 1 heterocycles. The van der Waals surface area contributed by atoms with Gasteiger partial charge in [-0.3, -0.25) is 14.3 Å². The van der Waals surface area contributed by atoms with Crippen molar-refractivity contribution >= 4 is 27.5 Å². The zero-order chi connectivity index (χ0) is 23.3. The number of carbonyl (C=O) groups excluding carboxylic acids is 2. The predicted octanol–water partition coefficient (Wildman–Crippen LogP) is 1.80. The molecule has 1 aliphatic heterocycles. The summed E-state index contributed by atoms with van der Waals surface area (Å²) in [7, 11) is -0.256. The molecule has 9 nitrogen and oxygen atoms in total. The number of methoxy groups -OCH3 is 1. The van der Waals surface area contributed by atoms with Crippen molar-refractivity contribution in [3.05, 3.63) is 23.8 Å². The maximum absolute atomic E-state index is 13.2. The molecule has 0 spiro atoms. The van der Waals surface area contributed by atoms with Gasteiger partial charge in [0.2, 0.25) is 15.9 Å². The van der Waals surface area contributed by atoms with Gasteiger partial charge in [-0.25, -0.2) is 8.42 Å². The molecular formula is C21H33N3O6S. The van der Waals surface area contributed by atoms with Crippen LogP contribution >= 0.6 is 0 Å². The Kier molecular flexibility index (Phi) is 8.30. The number of likely N-dealkylation sites (N-methyl/N-ethyl adjacent to an activating group) is 1. The maximum Gasteiger partial charge on any atom is 0.257 e. The fourth-order valence-corrected chi connectivity index (χ4v) is 4.16. The number of nitrogens with one attached hydrogen (secondary N) is 1. The van der Waals surface area contributed by atoms with Crippen LogP contribution < -0.4 is 9.46 Å². The van der Waals surface area contributed by atoms with Gasteiger partial charge in [0.25, 0.3) is 5.91 Å². The lowest BCUT2D eigenvalue weighted by atomic mass is 10.0. The third-order valence-corrected chi connectivity index (χ3v) is 5.98. The molecule has 0 saturated carbocycles. The first-order valence-corrected chi connectivity index (χ1v) is 12.2. The number of fused-ring (bicyclic) bond motifs is 1. The fourth-order valence-electron chi connectivity index (χ4n) is 3.60. The van der Waals surface area contributed by atoms with E-state index in [1.165, 1.54) is 11.0 Å². The van der Waals surface area contributed by atoms with E-state index in [1.54, 1.807) is 31.2 Å². The van der Waals surface area contributed by atoms with Crippen LogP contribution in [0.2, 0.25) is 0 Å². The molecule has 31 heavy (non-hydrogen) atoms. The van der Waals surface area contributed by atoms with Crippen molar-refractivity contribution < 1.29 is 27.5 Å². The van der Waals surface area contributed by atoms with E-state index in [9.17, 15) is 18.0 Å². The van der Waals surface area contributed by atoms with E-state index >= 15 is 0 Å². The van der Waals surface area contributed by atoms with Crippen LogP contribution in [0.4, 0.5) is 5.69 Å². The first-order chi connectivity index (χ1) is 14.5. The van der Waals surface area contributed by atoms with Crippen molar-refractivity contribution in [1.82, 2.24) is 9.80 Å². The van der Waals surface area contributed by atoms with Crippen LogP contribution in [0.15, 0.2) is 18.2 Å². The molecule has 1 aliphatic rings. The zero-order valence-electron chi connectivity index (χ0n) is 19.0. The summed E-state index contributed by atoms with van der Waals surface area (Å²) in [5.41, 5.74) is 0.506. The fraction of sp³-hybridized carbons (Fsp3) is 0.619. The molecule has 174 valence electrons. The van der Waals surface area contributed by atoms with Crippen molar-refractivity contribution in [2.45, 2.75) is 39.3 Å². The minimum Gasteiger partial charge on any atom is -0.491 e. The lowest BCUT2D eigenvalue weighted by molar-refractivity contribution is -0.135. The van der Waals surface area contributed by atoms with Crippen molar-refractivity contribution in [2.75, 3.05) is 44.8 Å². The van der Waals surface area contributed by atoms with Crippen molar-refractivity contribution in [3.63, 3.8) is 0 Å². The second-order valence-electron chi connectivity index (χ2n) is 8.08. The number of amides is 2. The Labute approximate surface area is 184 Å². The van der Waals surface area contributed by atoms with Gasteiger partial charge in [-0.2, -0.15) is 0 Å². The van der Waals surface area contributed by atoms with E-state index in [2.05, 4.69) is 4.72 Å². The molecule has 0 aromatic heterocycles. The molecule has 2 amide bonds. The van der Waals surface area contributed by atoms with Gasteiger partial charge in [-0.15, -0.1) is 0 Å². The van der Waals surface area contributed by atoms with Crippen LogP contribution in [0, 0.1) is 5.92 Å². The van der Waals surface area contributed by atoms with Gasteiger partial charge in [0, 0.05) is 45.3 Å². The van der Waals surface area contributed by atoms with Gasteiger partial charge < -0.3 is 19.3 Å². The number of hydrogen-bond donors (Lipinski definition) is 1. The number of ether oxygens (including phenoxy) is 2. The first kappa shape index (κ1) is 24.9. The predicted molar refractivity (Wildman–Crippen MR) is 119 cm³/mol. The van der Waals surface area contributed by atoms with Crippen LogP contribution in [-0.4, -0.2) is 82.3 Å². The molecule has 0 bridgehead atoms. The average molecular weight is 456 g/mol. The van der Waals surface area contributed by atoms with Gasteiger partial charge in [-0.1, -0.05) is 13.8 Å². The van der Waals surface area contributed by atoms with Gasteiger partial charge in [0.05, 0.1) is 24.0 Å². The van der Waals surface area contributed by atoms with Gasteiger partial charge in [0.1, 0.15) is 12.4 Å². The number of carbonyl (C=O) groups is 2. The molecule has 0 unspecified atom stereocenters. The molecule has 0 fully saturated rings. The van der Waals surface area contributed by atoms with E-state index < -0.39 is 10.0 Å². The summed E-state index contributed by atoms with van der Waals surface area (Å²) >= 11 is 0. The first-order valence-electron chi connectivity index (χ1n) is 10.3. The number of anilines is 1. The average Bonchev–Trinajstić information content (AvgIpc) is 2.71. The maximum atomic E-state index is 13.2. The van der Waals surface area contributed by atoms with Crippen LogP contribution in [0.1, 0.15) is 37.6 Å². The lowest BCUT2D eigenvalue weighted by Crippen LogP contribution is -2.48. The van der Waals surface area contributed by atoms with E-state index in [0.29, 0.717) is 25.3 Å². The summed E-state index contributed by atoms with van der Waals surface area (Å²) in [6.45, 7) is 6.70. The summed E-state index contributed by atoms with van der Waals surface area (Å²) in [4.78, 5) is 29.1. The monoisotopic (exact) mass is 455 g/mol. The summed E-state index contributed by atoms with van der Waals surface area (Å²) in [6.07, 6.45) is 1.14. The smallest absolute Gasteiger partial charge is 0.257 e. The van der Waals surface area contributed by atoms with Crippen LogP contribution in [0.5, 0.6) is 5.75 Å². The highest BCUT2D eigenvalue weighted by Gasteiger charge is 2.30. The second kappa shape index (κ2) is 10.3. The van der Waals surface area contributed by atoms with Crippen LogP contribution in [-0.2, 0) is 19.6 Å². The number of benzene rings is 1. The van der Waals surface area contributed by atoms with Gasteiger partial charge in [-0.05, 0) is 25.1 Å². The molecule has 1 aromatic rings. The van der Waals surface area contributed by atoms with Crippen molar-refractivity contribution in [1.29, 1.82) is 0 Å². The van der Waals surface area contributed by atoms with Crippen LogP contribution in [0.3, 0.4) is 0 Å². The normalized spacial score (nSPS) is 23.3. The molecule has 0 aliphatic carbocycles. The van der Waals surface area contributed by atoms with Crippen LogP contribution in [0.25, 0.3) is 0 Å². The van der Waals surface area contributed by atoms with E-state index in [4.69, 9.17) is 9.47 Å². The quantitative estimate of drug-likeness (QED) is 0.742. The van der Waals surface area contributed by atoms with E-state index in [-0.39, 0.29) is 47.7 Å². The Morgan fingerprint density at radius 1 is 1.29 bits per heavy atom. The highest BCUT2D eigenvalue weighted by molar-refractivity contribution is 7.92. The van der Waals surface area contributed by atoms with Gasteiger partial charge in [0.15, 0.2) is 0 Å². The molecular weight excluding hydrogens is 422 g/mol. The Hall–Kier alpha value is -2.33. The topological polar surface area (TPSA) is 105 Å². The minimum absolute atomic E-state index is 0.0182. The highest BCUT2D eigenvalue weighted by atomic mass is 32.2. The number of sulfonamides is 1. The second-order valence-corrected chi connectivity index (χ2v) is 9.83. The van der Waals surface area contributed by atoms with Crippen molar-refractivity contribution in [3.8, 4) is 5.75 Å². The Morgan fingerprint density at radius 3 is 2.55 bits per heavy atom. The largest absolute Gasteiger partial charge is 0.491 e. The Bertz CT molecular complexity index is 904. The molecule has 1 aromatic carbocycles. The molecule has 2 rings (SSSR count). The third kappa shape index (κ3) is 6.57. The van der Waals surface area contributed by atoms with Crippen molar-refractivity contribution in [2.24, 2.45) is 5.92 Å². The SMILES string of the molecule is CCC(=O)N1C[C@H](C)[C@@H](OC)CN(C)C(=O)c2cc(NS(C)(=O)=O)ccc2OC[C@H]1C. The highest BCUT2D eigenvalue weighted by Crippen LogP contribution is 2.27. The Morgan fingerprint density at radius 2 is 1.97 bits per heavy atom. The molecule has 0 radical (unpaired) electrons. The number of rotatable bonds is 4. The summed E-state index contributed by atoms with van der Waals surface area (Å²) < 4.78 is 37.2. The standard InChI is InChI=1S/C21H33N3O6S/c1-7-20(25)24-11-14(2)19(29-5)12-23(4)21(26)17-10-16(22-31(6,27)28)8-9-18(17)30-13-15(24)3/h8-10,14-15,19,22H,7,11-13H2,1-6H3/t14-,15+,19-/m0/s1. The number of nitrogens with zero attached hydrogens (tertiary/aromatic N) is 2. The summed E-state index contributed by atoms with van der Waals surface area (Å²) in [5.74, 6) is 0.0212. The minimum atomic E-state index is -3.50. The summed E-state index contributed by atoms with van der Waals surface area (Å²) in [6, 6.07) is 4.35. The summed E-state index contributed by atoms with van der Waals surface area (Å²) in [5, 5.41) is 0. The lowest BCUT2D eigenvalue weighted by Gasteiger charge is -2.36. The zero-order valence-corrected chi connectivity index (χ0v) is 19.9. The molecule has 3 atom stereocenters. The number of hydrogen-bond acceptors (Lipinski definition) is 6. The molecule has 1 N–H and O–H groups in total. The van der Waals surface area contributed by atoms with E-state index in [0.717, 1.165) is 6.26 Å². The van der Waals surface area contributed by atoms with E-state index in [1.807, 2.05) is 20.8 Å². The Balaban J connectivity index is 2.48. The molecule has 0 saturated heterocycles. The molecule has 10 heteroatoms. The third-order valence-electron chi connectivity index (χ3n) is 5.37. The van der Waals surface area contributed by atoms with Gasteiger partial charge >= 0.3 is 0 Å².